The van der Waals surface area contributed by atoms with Gasteiger partial charge in [-0.15, -0.1) is 0 Å². The summed E-state index contributed by atoms with van der Waals surface area (Å²) < 4.78 is 7.29. The molecule has 0 atom stereocenters. The highest BCUT2D eigenvalue weighted by atomic mass is 15.0. The first-order chi connectivity index (χ1) is 24.3. The molecule has 3 heterocycles. The molecule has 0 aliphatic heterocycles. The number of nitrogens with zero attached hydrogens (tertiary/aromatic N) is 3. The maximum Gasteiger partial charge on any atom is 0.0548 e. The molecule has 0 aliphatic carbocycles. The van der Waals surface area contributed by atoms with E-state index in [1.54, 1.807) is 0 Å². The maximum atomic E-state index is 2.47. The lowest BCUT2D eigenvalue weighted by atomic mass is 10.0. The summed E-state index contributed by atoms with van der Waals surface area (Å²) in [7, 11) is 0. The van der Waals surface area contributed by atoms with Gasteiger partial charge in [-0.2, -0.15) is 0 Å². The van der Waals surface area contributed by atoms with E-state index in [9.17, 15) is 0 Å². The Balaban J connectivity index is 1.26. The molecule has 3 nitrogen and oxygen atoms in total. The number of benzene rings is 8. The van der Waals surface area contributed by atoms with Crippen molar-refractivity contribution in [1.29, 1.82) is 0 Å². The van der Waals surface area contributed by atoms with Crippen LogP contribution < -0.4 is 0 Å². The van der Waals surface area contributed by atoms with Crippen LogP contribution in [-0.4, -0.2) is 13.7 Å². The van der Waals surface area contributed by atoms with Crippen molar-refractivity contribution in [3.63, 3.8) is 0 Å². The zero-order valence-electron chi connectivity index (χ0n) is 26.6. The third kappa shape index (κ3) is 3.73. The highest BCUT2D eigenvalue weighted by Gasteiger charge is 2.20. The Hall–Kier alpha value is -6.58. The number of fused-ring (bicyclic) bond motifs is 10. The van der Waals surface area contributed by atoms with E-state index < -0.39 is 0 Å². The summed E-state index contributed by atoms with van der Waals surface area (Å²) in [4.78, 5) is 0. The van der Waals surface area contributed by atoms with Crippen molar-refractivity contribution in [1.82, 2.24) is 13.7 Å². The Morgan fingerprint density at radius 1 is 0.224 bits per heavy atom. The predicted octanol–water partition coefficient (Wildman–Crippen LogP) is 12.1. The second-order valence-electron chi connectivity index (χ2n) is 13.0. The second-order valence-corrected chi connectivity index (χ2v) is 13.0. The standard InChI is InChI=1S/C46H29N3/c1-2-15-32(16-3-1)47-43-24-11-8-21-37(43)39-28-46-40(29-45(39)47)38-25-30-13-4-5-14-31(30)26-44(38)49(46)34-18-12-17-33(27-34)48-41-22-9-6-19-35(41)36-20-7-10-23-42(36)48/h1-29H. The third-order valence-corrected chi connectivity index (χ3v) is 10.4. The van der Waals surface area contributed by atoms with Gasteiger partial charge in [0, 0.05) is 49.4 Å². The van der Waals surface area contributed by atoms with Crippen LogP contribution in [0, 0.1) is 0 Å². The minimum Gasteiger partial charge on any atom is -0.309 e. The summed E-state index contributed by atoms with van der Waals surface area (Å²) in [5.74, 6) is 0. The van der Waals surface area contributed by atoms with Crippen LogP contribution in [0.2, 0.25) is 0 Å². The van der Waals surface area contributed by atoms with E-state index >= 15 is 0 Å². The fraction of sp³-hybridized carbons (Fsp3) is 0. The van der Waals surface area contributed by atoms with Crippen molar-refractivity contribution >= 4 is 76.2 Å². The van der Waals surface area contributed by atoms with Crippen LogP contribution in [0.15, 0.2) is 176 Å². The summed E-state index contributed by atoms with van der Waals surface area (Å²) in [6.45, 7) is 0. The lowest BCUT2D eigenvalue weighted by Gasteiger charge is -2.13. The Morgan fingerprint density at radius 2 is 0.612 bits per heavy atom. The summed E-state index contributed by atoms with van der Waals surface area (Å²) in [5, 5.41) is 10.0. The quantitative estimate of drug-likeness (QED) is 0.186. The molecule has 0 radical (unpaired) electrons. The van der Waals surface area contributed by atoms with E-state index in [0.29, 0.717) is 0 Å². The monoisotopic (exact) mass is 623 g/mol. The summed E-state index contributed by atoms with van der Waals surface area (Å²) in [6, 6.07) is 64.3. The molecular formula is C46H29N3. The van der Waals surface area contributed by atoms with Crippen LogP contribution >= 0.6 is 0 Å². The maximum absolute atomic E-state index is 2.47. The number of hydrogen-bond donors (Lipinski definition) is 0. The SMILES string of the molecule is c1ccc(-n2c3ccccc3c3cc4c(cc32)c2cc3ccccc3cc2n4-c2cccc(-n3c4ccccc4c4ccccc43)c2)cc1. The fourth-order valence-electron chi connectivity index (χ4n) is 8.27. The first kappa shape index (κ1) is 26.5. The number of rotatable bonds is 3. The molecule has 0 aliphatic rings. The van der Waals surface area contributed by atoms with Crippen molar-refractivity contribution in [2.24, 2.45) is 0 Å². The van der Waals surface area contributed by atoms with Gasteiger partial charge in [0.05, 0.1) is 33.1 Å². The van der Waals surface area contributed by atoms with E-state index in [1.807, 2.05) is 0 Å². The second kappa shape index (κ2) is 9.96. The van der Waals surface area contributed by atoms with E-state index in [1.165, 1.54) is 81.9 Å². The van der Waals surface area contributed by atoms with Crippen LogP contribution in [0.3, 0.4) is 0 Å². The average molecular weight is 624 g/mol. The number of aromatic nitrogens is 3. The Morgan fingerprint density at radius 3 is 1.22 bits per heavy atom. The zero-order chi connectivity index (χ0) is 32.1. The van der Waals surface area contributed by atoms with Crippen molar-refractivity contribution in [2.75, 3.05) is 0 Å². The van der Waals surface area contributed by atoms with Crippen LogP contribution in [0.4, 0.5) is 0 Å². The van der Waals surface area contributed by atoms with Gasteiger partial charge in [-0.05, 0) is 83.6 Å². The normalized spacial score (nSPS) is 12.1. The van der Waals surface area contributed by atoms with Crippen molar-refractivity contribution in [3.05, 3.63) is 176 Å². The van der Waals surface area contributed by atoms with Gasteiger partial charge in [-0.25, -0.2) is 0 Å². The Labute approximate surface area is 282 Å². The molecule has 0 saturated heterocycles. The highest BCUT2D eigenvalue weighted by Crippen LogP contribution is 2.41. The van der Waals surface area contributed by atoms with Gasteiger partial charge in [0.1, 0.15) is 0 Å². The summed E-state index contributed by atoms with van der Waals surface area (Å²) in [5.41, 5.74) is 10.7. The first-order valence-corrected chi connectivity index (χ1v) is 16.9. The van der Waals surface area contributed by atoms with Crippen LogP contribution in [0.1, 0.15) is 0 Å². The van der Waals surface area contributed by atoms with Crippen LogP contribution in [0.25, 0.3) is 93.3 Å². The molecule has 0 spiro atoms. The smallest absolute Gasteiger partial charge is 0.0548 e. The lowest BCUT2D eigenvalue weighted by molar-refractivity contribution is 1.13. The molecular weight excluding hydrogens is 595 g/mol. The average Bonchev–Trinajstić information content (AvgIpc) is 3.78. The predicted molar refractivity (Wildman–Crippen MR) is 207 cm³/mol. The zero-order valence-corrected chi connectivity index (χ0v) is 26.6. The molecule has 11 rings (SSSR count). The van der Waals surface area contributed by atoms with Crippen molar-refractivity contribution in [2.45, 2.75) is 0 Å². The minimum absolute atomic E-state index is 1.14. The molecule has 0 bridgehead atoms. The van der Waals surface area contributed by atoms with Gasteiger partial charge >= 0.3 is 0 Å². The topological polar surface area (TPSA) is 14.8 Å². The molecule has 0 N–H and O–H groups in total. The highest BCUT2D eigenvalue weighted by molar-refractivity contribution is 6.20. The van der Waals surface area contributed by atoms with Gasteiger partial charge in [0.25, 0.3) is 0 Å². The lowest BCUT2D eigenvalue weighted by Crippen LogP contribution is -1.98. The van der Waals surface area contributed by atoms with E-state index in [-0.39, 0.29) is 0 Å². The van der Waals surface area contributed by atoms with E-state index in [0.717, 1.165) is 11.4 Å². The number of hydrogen-bond acceptors (Lipinski definition) is 0. The Bertz CT molecular complexity index is 3050. The molecule has 8 aromatic carbocycles. The molecule has 0 fully saturated rings. The third-order valence-electron chi connectivity index (χ3n) is 10.4. The molecule has 3 heteroatoms. The van der Waals surface area contributed by atoms with Crippen LogP contribution in [-0.2, 0) is 0 Å². The molecule has 11 aromatic rings. The van der Waals surface area contributed by atoms with Gasteiger partial charge < -0.3 is 13.7 Å². The summed E-state index contributed by atoms with van der Waals surface area (Å²) >= 11 is 0. The molecule has 3 aromatic heterocycles. The molecule has 228 valence electrons. The minimum atomic E-state index is 1.14. The van der Waals surface area contributed by atoms with Crippen molar-refractivity contribution in [3.8, 4) is 17.1 Å². The molecule has 0 unspecified atom stereocenters. The van der Waals surface area contributed by atoms with Gasteiger partial charge in [-0.1, -0.05) is 103 Å². The van der Waals surface area contributed by atoms with E-state index in [2.05, 4.69) is 190 Å². The van der Waals surface area contributed by atoms with Crippen molar-refractivity contribution < 1.29 is 0 Å². The Kier molecular flexibility index (Phi) is 5.38. The first-order valence-electron chi connectivity index (χ1n) is 16.9. The van der Waals surface area contributed by atoms with Gasteiger partial charge in [-0.3, -0.25) is 0 Å². The molecule has 0 saturated carbocycles. The van der Waals surface area contributed by atoms with E-state index in [4.69, 9.17) is 0 Å². The van der Waals surface area contributed by atoms with Gasteiger partial charge in [0.2, 0.25) is 0 Å². The summed E-state index contributed by atoms with van der Waals surface area (Å²) in [6.07, 6.45) is 0. The number of para-hydroxylation sites is 4. The molecule has 49 heavy (non-hydrogen) atoms. The largest absolute Gasteiger partial charge is 0.309 e. The fourth-order valence-corrected chi connectivity index (χ4v) is 8.27. The van der Waals surface area contributed by atoms with Crippen LogP contribution in [0.5, 0.6) is 0 Å². The molecule has 0 amide bonds. The van der Waals surface area contributed by atoms with Gasteiger partial charge in [0.15, 0.2) is 0 Å².